The minimum Gasteiger partial charge on any atom is -0.382 e. The molecular weight excluding hydrogens is 300 g/mol. The second-order valence-electron chi connectivity index (χ2n) is 3.64. The molecule has 0 unspecified atom stereocenters. The Morgan fingerprint density at radius 2 is 2.11 bits per heavy atom. The number of carbonyl (C=O) groups is 1. The van der Waals surface area contributed by atoms with Crippen LogP contribution in [0.4, 0.5) is 5.82 Å². The van der Waals surface area contributed by atoms with E-state index in [-0.39, 0.29) is 5.78 Å². The number of nitrogens with two attached hydrogens (primary N) is 1. The summed E-state index contributed by atoms with van der Waals surface area (Å²) < 4.78 is 0.885. The van der Waals surface area contributed by atoms with E-state index < -0.39 is 0 Å². The molecule has 0 saturated heterocycles. The molecule has 0 amide bonds. The predicted octanol–water partition coefficient (Wildman–Crippen LogP) is 4.00. The van der Waals surface area contributed by atoms with E-state index in [4.69, 9.17) is 17.3 Å². The number of thiazole rings is 1. The summed E-state index contributed by atoms with van der Waals surface area (Å²) in [5.41, 5.74) is 6.36. The first-order valence-corrected chi connectivity index (χ1v) is 7.80. The van der Waals surface area contributed by atoms with Crippen LogP contribution in [-0.2, 0) is 0 Å². The molecule has 0 atom stereocenters. The Kier molecular flexibility index (Phi) is 4.63. The zero-order valence-electron chi connectivity index (χ0n) is 10.1. The van der Waals surface area contributed by atoms with E-state index in [1.807, 2.05) is 6.26 Å². The van der Waals surface area contributed by atoms with E-state index >= 15 is 0 Å². The highest BCUT2D eigenvalue weighted by molar-refractivity contribution is 8.00. The molecule has 3 nitrogen and oxygen atoms in total. The summed E-state index contributed by atoms with van der Waals surface area (Å²) in [6.45, 7) is 0. The first-order chi connectivity index (χ1) is 9.10. The lowest BCUT2D eigenvalue weighted by atomic mass is 10.1. The molecule has 2 aromatic rings. The van der Waals surface area contributed by atoms with Crippen molar-refractivity contribution in [3.05, 3.63) is 45.8 Å². The SMILES string of the molecule is CSc1nc(N)c(/C=C/C(=O)c2ccc(Cl)cc2)s1. The monoisotopic (exact) mass is 310 g/mol. The van der Waals surface area contributed by atoms with Crippen molar-refractivity contribution >= 4 is 52.4 Å². The summed E-state index contributed by atoms with van der Waals surface area (Å²) in [5.74, 6) is 0.365. The molecule has 0 aliphatic heterocycles. The number of benzene rings is 1. The molecule has 0 radical (unpaired) electrons. The first-order valence-electron chi connectivity index (χ1n) is 5.38. The Morgan fingerprint density at radius 3 is 2.68 bits per heavy atom. The minimum atomic E-state index is -0.0878. The highest BCUT2D eigenvalue weighted by Gasteiger charge is 2.06. The van der Waals surface area contributed by atoms with Crippen LogP contribution < -0.4 is 5.73 Å². The van der Waals surface area contributed by atoms with Crippen molar-refractivity contribution in [2.45, 2.75) is 4.34 Å². The van der Waals surface area contributed by atoms with Crippen LogP contribution in [0.2, 0.25) is 5.02 Å². The number of hydrogen-bond donors (Lipinski definition) is 1. The van der Waals surface area contributed by atoms with Gasteiger partial charge >= 0.3 is 0 Å². The number of anilines is 1. The maximum Gasteiger partial charge on any atom is 0.185 e. The van der Waals surface area contributed by atoms with Gasteiger partial charge in [0, 0.05) is 10.6 Å². The van der Waals surface area contributed by atoms with Crippen molar-refractivity contribution in [1.82, 2.24) is 4.98 Å². The van der Waals surface area contributed by atoms with Gasteiger partial charge in [0.15, 0.2) is 10.1 Å². The third-order valence-corrected chi connectivity index (χ3v) is 4.62. The van der Waals surface area contributed by atoms with Gasteiger partial charge in [0.05, 0.1) is 4.88 Å². The number of hydrogen-bond acceptors (Lipinski definition) is 5. The van der Waals surface area contributed by atoms with E-state index in [0.717, 1.165) is 9.22 Å². The van der Waals surface area contributed by atoms with Gasteiger partial charge in [-0.3, -0.25) is 4.79 Å². The molecule has 0 aliphatic carbocycles. The number of halogens is 1. The third kappa shape index (κ3) is 3.59. The number of nitrogen functional groups attached to an aromatic ring is 1. The minimum absolute atomic E-state index is 0.0878. The Balaban J connectivity index is 2.15. The smallest absolute Gasteiger partial charge is 0.185 e. The Bertz CT molecular complexity index is 620. The largest absolute Gasteiger partial charge is 0.382 e. The van der Waals surface area contributed by atoms with Crippen LogP contribution in [0, 0.1) is 0 Å². The second-order valence-corrected chi connectivity index (χ2v) is 6.16. The molecule has 2 rings (SSSR count). The molecule has 0 saturated carbocycles. The molecule has 19 heavy (non-hydrogen) atoms. The molecule has 2 N–H and O–H groups in total. The maximum atomic E-state index is 11.9. The van der Waals surface area contributed by atoms with E-state index in [9.17, 15) is 4.79 Å². The van der Waals surface area contributed by atoms with Crippen molar-refractivity contribution in [3.8, 4) is 0 Å². The molecule has 1 heterocycles. The molecule has 1 aromatic carbocycles. The van der Waals surface area contributed by atoms with Gasteiger partial charge in [-0.25, -0.2) is 4.98 Å². The number of carbonyl (C=O) groups excluding carboxylic acids is 1. The van der Waals surface area contributed by atoms with Gasteiger partial charge in [0.25, 0.3) is 0 Å². The fraction of sp³-hybridized carbons (Fsp3) is 0.0769. The zero-order valence-corrected chi connectivity index (χ0v) is 12.5. The van der Waals surface area contributed by atoms with Gasteiger partial charge in [0.2, 0.25) is 0 Å². The van der Waals surface area contributed by atoms with E-state index in [0.29, 0.717) is 16.4 Å². The second kappa shape index (κ2) is 6.23. The number of rotatable bonds is 4. The van der Waals surface area contributed by atoms with Crippen molar-refractivity contribution in [3.63, 3.8) is 0 Å². The van der Waals surface area contributed by atoms with Crippen molar-refractivity contribution in [2.24, 2.45) is 0 Å². The zero-order chi connectivity index (χ0) is 13.8. The lowest BCUT2D eigenvalue weighted by Crippen LogP contribution is -1.93. The number of nitrogens with zero attached hydrogens (tertiary/aromatic N) is 1. The summed E-state index contributed by atoms with van der Waals surface area (Å²) >= 11 is 8.77. The summed E-state index contributed by atoms with van der Waals surface area (Å²) in [7, 11) is 0. The Labute approximate surface area is 124 Å². The topological polar surface area (TPSA) is 56.0 Å². The van der Waals surface area contributed by atoms with Crippen molar-refractivity contribution in [2.75, 3.05) is 12.0 Å². The van der Waals surface area contributed by atoms with Crippen LogP contribution in [0.1, 0.15) is 15.2 Å². The fourth-order valence-corrected chi connectivity index (χ4v) is 2.93. The van der Waals surface area contributed by atoms with Crippen LogP contribution in [0.3, 0.4) is 0 Å². The summed E-state index contributed by atoms with van der Waals surface area (Å²) in [4.78, 5) is 16.9. The first kappa shape index (κ1) is 14.1. The van der Waals surface area contributed by atoms with Gasteiger partial charge in [-0.1, -0.05) is 23.4 Å². The average molecular weight is 311 g/mol. The number of allylic oxidation sites excluding steroid dienone is 1. The van der Waals surface area contributed by atoms with Gasteiger partial charge in [-0.15, -0.1) is 11.3 Å². The lowest BCUT2D eigenvalue weighted by Gasteiger charge is -1.95. The molecule has 0 spiro atoms. The Morgan fingerprint density at radius 1 is 1.42 bits per heavy atom. The van der Waals surface area contributed by atoms with E-state index in [1.165, 1.54) is 29.2 Å². The van der Waals surface area contributed by atoms with Crippen LogP contribution in [-0.4, -0.2) is 17.0 Å². The van der Waals surface area contributed by atoms with Crippen LogP contribution in [0.5, 0.6) is 0 Å². The fourth-order valence-electron chi connectivity index (χ4n) is 1.39. The van der Waals surface area contributed by atoms with Crippen LogP contribution >= 0.6 is 34.7 Å². The van der Waals surface area contributed by atoms with Gasteiger partial charge in [0.1, 0.15) is 5.82 Å². The third-order valence-electron chi connectivity index (χ3n) is 2.35. The summed E-state index contributed by atoms with van der Waals surface area (Å²) in [6, 6.07) is 6.77. The average Bonchev–Trinajstić information content (AvgIpc) is 2.77. The van der Waals surface area contributed by atoms with Gasteiger partial charge in [-0.2, -0.15) is 0 Å². The number of ketones is 1. The molecular formula is C13H11ClN2OS2. The Hall–Kier alpha value is -1.30. The van der Waals surface area contributed by atoms with Gasteiger partial charge < -0.3 is 5.73 Å². The van der Waals surface area contributed by atoms with Crippen molar-refractivity contribution in [1.29, 1.82) is 0 Å². The maximum absolute atomic E-state index is 11.9. The summed E-state index contributed by atoms with van der Waals surface area (Å²) in [5, 5.41) is 0.608. The van der Waals surface area contributed by atoms with E-state index in [1.54, 1.807) is 30.3 Å². The summed E-state index contributed by atoms with van der Waals surface area (Å²) in [6.07, 6.45) is 5.13. The quantitative estimate of drug-likeness (QED) is 0.527. The number of aromatic nitrogens is 1. The lowest BCUT2D eigenvalue weighted by molar-refractivity contribution is 0.104. The number of thioether (sulfide) groups is 1. The highest BCUT2D eigenvalue weighted by atomic mass is 35.5. The van der Waals surface area contributed by atoms with E-state index in [2.05, 4.69) is 4.98 Å². The molecule has 98 valence electrons. The van der Waals surface area contributed by atoms with Crippen LogP contribution in [0.15, 0.2) is 34.7 Å². The predicted molar refractivity (Wildman–Crippen MR) is 83.1 cm³/mol. The molecule has 0 fully saturated rings. The standard InChI is InChI=1S/C13H11ClN2OS2/c1-18-13-16-12(15)11(19-13)7-6-10(17)8-2-4-9(14)5-3-8/h2-7H,15H2,1H3/b7-6+. The molecule has 1 aromatic heterocycles. The van der Waals surface area contributed by atoms with Gasteiger partial charge in [-0.05, 0) is 42.7 Å². The normalized spacial score (nSPS) is 11.1. The molecule has 0 bridgehead atoms. The van der Waals surface area contributed by atoms with Crippen LogP contribution in [0.25, 0.3) is 6.08 Å². The molecule has 6 heteroatoms. The van der Waals surface area contributed by atoms with Crippen molar-refractivity contribution < 1.29 is 4.79 Å². The highest BCUT2D eigenvalue weighted by Crippen LogP contribution is 2.28. The molecule has 0 aliphatic rings.